The van der Waals surface area contributed by atoms with E-state index in [0.717, 1.165) is 19.5 Å². The minimum absolute atomic E-state index is 0.0130. The number of hydrogen-bond donors (Lipinski definition) is 1. The van der Waals surface area contributed by atoms with Crippen molar-refractivity contribution in [2.45, 2.75) is 13.3 Å². The molecule has 1 amide bonds. The van der Waals surface area contributed by atoms with Crippen molar-refractivity contribution in [1.82, 2.24) is 10.2 Å². The van der Waals surface area contributed by atoms with Crippen LogP contribution in [0.15, 0.2) is 18.2 Å². The highest BCUT2D eigenvalue weighted by molar-refractivity contribution is 5.77. The van der Waals surface area contributed by atoms with Crippen molar-refractivity contribution in [1.29, 1.82) is 5.26 Å². The minimum Gasteiger partial charge on any atom is -0.369 e. The van der Waals surface area contributed by atoms with Gasteiger partial charge in [0.2, 0.25) is 5.91 Å². The molecule has 0 saturated carbocycles. The standard InChI is InChI=1S/C16H21N5O3/c1-2-18-16(22)12-19-6-3-7-20(9-8-19)15-5-4-14(21(23)24)10-13(15)11-17/h4-5,10H,2-3,6-9,12H2,1H3,(H,18,22). The van der Waals surface area contributed by atoms with Gasteiger partial charge >= 0.3 is 0 Å². The van der Waals surface area contributed by atoms with Gasteiger partial charge in [0, 0.05) is 44.9 Å². The van der Waals surface area contributed by atoms with Gasteiger partial charge in [-0.05, 0) is 19.4 Å². The Hall–Kier alpha value is -2.66. The molecule has 1 aliphatic heterocycles. The summed E-state index contributed by atoms with van der Waals surface area (Å²) in [6.45, 7) is 5.81. The van der Waals surface area contributed by atoms with Gasteiger partial charge in [0.1, 0.15) is 6.07 Å². The molecule has 1 N–H and O–H groups in total. The van der Waals surface area contributed by atoms with Crippen LogP contribution in [-0.4, -0.2) is 55.0 Å². The first-order chi connectivity index (χ1) is 11.5. The molecule has 128 valence electrons. The lowest BCUT2D eigenvalue weighted by molar-refractivity contribution is -0.384. The van der Waals surface area contributed by atoms with Crippen LogP contribution >= 0.6 is 0 Å². The van der Waals surface area contributed by atoms with Gasteiger partial charge in [0.15, 0.2) is 0 Å². The van der Waals surface area contributed by atoms with E-state index in [0.29, 0.717) is 37.4 Å². The largest absolute Gasteiger partial charge is 0.369 e. The Labute approximate surface area is 140 Å². The van der Waals surface area contributed by atoms with E-state index in [4.69, 9.17) is 0 Å². The van der Waals surface area contributed by atoms with E-state index in [2.05, 4.69) is 15.1 Å². The molecule has 8 nitrogen and oxygen atoms in total. The second-order valence-corrected chi connectivity index (χ2v) is 5.64. The van der Waals surface area contributed by atoms with E-state index in [1.54, 1.807) is 6.07 Å². The zero-order valence-electron chi connectivity index (χ0n) is 13.7. The lowest BCUT2D eigenvalue weighted by Gasteiger charge is -2.24. The third kappa shape index (κ3) is 4.43. The van der Waals surface area contributed by atoms with Gasteiger partial charge in [-0.15, -0.1) is 0 Å². The summed E-state index contributed by atoms with van der Waals surface area (Å²) >= 11 is 0. The van der Waals surface area contributed by atoms with Crippen molar-refractivity contribution in [2.75, 3.05) is 44.2 Å². The summed E-state index contributed by atoms with van der Waals surface area (Å²) < 4.78 is 0. The first-order valence-corrected chi connectivity index (χ1v) is 7.97. The van der Waals surface area contributed by atoms with Crippen LogP contribution in [0.4, 0.5) is 11.4 Å². The molecule has 0 aromatic heterocycles. The zero-order valence-corrected chi connectivity index (χ0v) is 13.7. The number of carbonyl (C=O) groups excluding carboxylic acids is 1. The Morgan fingerprint density at radius 1 is 1.38 bits per heavy atom. The molecule has 1 aromatic rings. The molecular formula is C16H21N5O3. The highest BCUT2D eigenvalue weighted by atomic mass is 16.6. The number of nitro benzene ring substituents is 1. The van der Waals surface area contributed by atoms with E-state index >= 15 is 0 Å². The maximum absolute atomic E-state index is 11.7. The lowest BCUT2D eigenvalue weighted by atomic mass is 10.1. The highest BCUT2D eigenvalue weighted by Gasteiger charge is 2.20. The maximum atomic E-state index is 11.7. The fraction of sp³-hybridized carbons (Fsp3) is 0.500. The molecule has 0 unspecified atom stereocenters. The summed E-state index contributed by atoms with van der Waals surface area (Å²) in [5.74, 6) is 0.0130. The fourth-order valence-corrected chi connectivity index (χ4v) is 2.83. The summed E-state index contributed by atoms with van der Waals surface area (Å²) in [4.78, 5) is 26.2. The Bertz CT molecular complexity index is 656. The van der Waals surface area contributed by atoms with Crippen molar-refractivity contribution in [2.24, 2.45) is 0 Å². The minimum atomic E-state index is -0.499. The number of non-ortho nitro benzene ring substituents is 1. The molecule has 0 aliphatic carbocycles. The van der Waals surface area contributed by atoms with Crippen LogP contribution in [0.2, 0.25) is 0 Å². The summed E-state index contributed by atoms with van der Waals surface area (Å²) in [5.41, 5.74) is 0.937. The van der Waals surface area contributed by atoms with Crippen molar-refractivity contribution >= 4 is 17.3 Å². The average Bonchev–Trinajstić information content (AvgIpc) is 2.80. The molecule has 1 aliphatic rings. The summed E-state index contributed by atoms with van der Waals surface area (Å²) in [6, 6.07) is 6.42. The molecule has 1 heterocycles. The molecular weight excluding hydrogens is 310 g/mol. The summed E-state index contributed by atoms with van der Waals surface area (Å²) in [5, 5.41) is 22.9. The monoisotopic (exact) mass is 331 g/mol. The van der Waals surface area contributed by atoms with Gasteiger partial charge in [-0.2, -0.15) is 5.26 Å². The van der Waals surface area contributed by atoms with Gasteiger partial charge in [0.05, 0.1) is 22.7 Å². The first-order valence-electron chi connectivity index (χ1n) is 7.97. The van der Waals surface area contributed by atoms with Crippen molar-refractivity contribution < 1.29 is 9.72 Å². The Kier molecular flexibility index (Phi) is 6.09. The predicted octanol–water partition coefficient (Wildman–Crippen LogP) is 1.11. The maximum Gasteiger partial charge on any atom is 0.270 e. The Morgan fingerprint density at radius 3 is 2.83 bits per heavy atom. The molecule has 0 radical (unpaired) electrons. The van der Waals surface area contributed by atoms with Crippen LogP contribution in [0.25, 0.3) is 0 Å². The average molecular weight is 331 g/mol. The third-order valence-corrected chi connectivity index (χ3v) is 3.98. The number of anilines is 1. The van der Waals surface area contributed by atoms with E-state index < -0.39 is 4.92 Å². The number of nitriles is 1. The van der Waals surface area contributed by atoms with E-state index in [-0.39, 0.29) is 11.6 Å². The lowest BCUT2D eigenvalue weighted by Crippen LogP contribution is -2.39. The topological polar surface area (TPSA) is 103 Å². The van der Waals surface area contributed by atoms with Crippen LogP contribution in [0.3, 0.4) is 0 Å². The zero-order chi connectivity index (χ0) is 17.5. The van der Waals surface area contributed by atoms with Crippen molar-refractivity contribution in [3.63, 3.8) is 0 Å². The number of amides is 1. The van der Waals surface area contributed by atoms with Crippen LogP contribution in [0, 0.1) is 21.4 Å². The molecule has 0 atom stereocenters. The van der Waals surface area contributed by atoms with Crippen LogP contribution in [0.1, 0.15) is 18.9 Å². The van der Waals surface area contributed by atoms with Crippen LogP contribution in [-0.2, 0) is 4.79 Å². The van der Waals surface area contributed by atoms with Gasteiger partial charge in [-0.25, -0.2) is 0 Å². The van der Waals surface area contributed by atoms with Crippen molar-refractivity contribution in [3.8, 4) is 6.07 Å². The summed E-state index contributed by atoms with van der Waals surface area (Å²) in [7, 11) is 0. The second-order valence-electron chi connectivity index (χ2n) is 5.64. The molecule has 8 heteroatoms. The molecule has 1 fully saturated rings. The second kappa shape index (κ2) is 8.26. The van der Waals surface area contributed by atoms with Crippen LogP contribution in [0.5, 0.6) is 0 Å². The van der Waals surface area contributed by atoms with E-state index in [1.165, 1.54) is 12.1 Å². The van der Waals surface area contributed by atoms with E-state index in [9.17, 15) is 20.2 Å². The van der Waals surface area contributed by atoms with Gasteiger partial charge < -0.3 is 10.2 Å². The number of nitro groups is 1. The molecule has 1 saturated heterocycles. The number of benzene rings is 1. The molecule has 0 spiro atoms. The number of carbonyl (C=O) groups is 1. The summed E-state index contributed by atoms with van der Waals surface area (Å²) in [6.07, 6.45) is 0.862. The van der Waals surface area contributed by atoms with Crippen molar-refractivity contribution in [3.05, 3.63) is 33.9 Å². The molecule has 2 rings (SSSR count). The molecule has 0 bridgehead atoms. The molecule has 24 heavy (non-hydrogen) atoms. The smallest absolute Gasteiger partial charge is 0.270 e. The number of likely N-dealkylation sites (N-methyl/N-ethyl adjacent to an activating group) is 1. The van der Waals surface area contributed by atoms with Gasteiger partial charge in [0.25, 0.3) is 5.69 Å². The Balaban J connectivity index is 2.07. The van der Waals surface area contributed by atoms with Gasteiger partial charge in [-0.3, -0.25) is 19.8 Å². The SMILES string of the molecule is CCNC(=O)CN1CCCN(c2ccc([N+](=O)[O-])cc2C#N)CC1. The van der Waals surface area contributed by atoms with E-state index in [1.807, 2.05) is 13.0 Å². The highest BCUT2D eigenvalue weighted by Crippen LogP contribution is 2.25. The first kappa shape index (κ1) is 17.7. The normalized spacial score (nSPS) is 15.4. The predicted molar refractivity (Wildman–Crippen MR) is 89.8 cm³/mol. The number of nitrogens with zero attached hydrogens (tertiary/aromatic N) is 4. The Morgan fingerprint density at radius 2 is 2.17 bits per heavy atom. The third-order valence-electron chi connectivity index (χ3n) is 3.98. The number of hydrogen-bond acceptors (Lipinski definition) is 6. The quantitative estimate of drug-likeness (QED) is 0.640. The number of nitrogens with one attached hydrogen (secondary N) is 1. The van der Waals surface area contributed by atoms with Gasteiger partial charge in [-0.1, -0.05) is 0 Å². The molecule has 1 aromatic carbocycles. The number of rotatable bonds is 5. The fourth-order valence-electron chi connectivity index (χ4n) is 2.83. The van der Waals surface area contributed by atoms with Crippen LogP contribution < -0.4 is 10.2 Å².